The minimum atomic E-state index is -0.655. The van der Waals surface area contributed by atoms with Gasteiger partial charge in [-0.2, -0.15) is 5.10 Å². The van der Waals surface area contributed by atoms with E-state index in [9.17, 15) is 14.9 Å². The third-order valence-electron chi connectivity index (χ3n) is 4.01. The third-order valence-corrected chi connectivity index (χ3v) is 4.01. The molecule has 122 valence electrons. The van der Waals surface area contributed by atoms with Crippen molar-refractivity contribution in [3.63, 3.8) is 0 Å². The lowest BCUT2D eigenvalue weighted by atomic mass is 9.96. The maximum atomic E-state index is 12.2. The van der Waals surface area contributed by atoms with E-state index in [0.29, 0.717) is 6.04 Å². The lowest BCUT2D eigenvalue weighted by molar-refractivity contribution is -0.385. The number of carbonyl (C=O) groups is 1. The van der Waals surface area contributed by atoms with Crippen molar-refractivity contribution in [3.05, 3.63) is 28.3 Å². The molecule has 0 atom stereocenters. The molecule has 2 aromatic heterocycles. The molecule has 2 heterocycles. The fourth-order valence-corrected chi connectivity index (χ4v) is 2.84. The van der Waals surface area contributed by atoms with Gasteiger partial charge in [0.15, 0.2) is 0 Å². The van der Waals surface area contributed by atoms with E-state index in [1.165, 1.54) is 13.5 Å². The first-order valence-electron chi connectivity index (χ1n) is 7.45. The molecule has 2 aromatic rings. The molecule has 1 aliphatic rings. The van der Waals surface area contributed by atoms with Gasteiger partial charge in [0.1, 0.15) is 12.5 Å². The van der Waals surface area contributed by atoms with Crippen molar-refractivity contribution >= 4 is 17.5 Å². The molecule has 0 radical (unpaired) electrons. The van der Waals surface area contributed by atoms with Crippen LogP contribution < -0.4 is 5.32 Å². The summed E-state index contributed by atoms with van der Waals surface area (Å²) < 4.78 is 2.91. The highest BCUT2D eigenvalue weighted by Gasteiger charge is 2.26. The highest BCUT2D eigenvalue weighted by atomic mass is 16.6. The molecule has 0 spiro atoms. The van der Waals surface area contributed by atoms with Crippen LogP contribution >= 0.6 is 0 Å². The Kier molecular flexibility index (Phi) is 4.04. The van der Waals surface area contributed by atoms with E-state index in [1.54, 1.807) is 11.0 Å². The maximum absolute atomic E-state index is 12.2. The molecule has 0 aliphatic heterocycles. The summed E-state index contributed by atoms with van der Waals surface area (Å²) in [4.78, 5) is 26.6. The third kappa shape index (κ3) is 3.05. The van der Waals surface area contributed by atoms with Crippen LogP contribution in [-0.4, -0.2) is 35.4 Å². The summed E-state index contributed by atoms with van der Waals surface area (Å²) in [6, 6.07) is 0.299. The van der Waals surface area contributed by atoms with Gasteiger partial charge in [0.25, 0.3) is 5.91 Å². The van der Waals surface area contributed by atoms with Crippen molar-refractivity contribution in [1.82, 2.24) is 24.5 Å². The summed E-state index contributed by atoms with van der Waals surface area (Å²) in [5.74, 6) is -0.519. The van der Waals surface area contributed by atoms with Crippen molar-refractivity contribution in [1.29, 1.82) is 0 Å². The van der Waals surface area contributed by atoms with Gasteiger partial charge in [-0.3, -0.25) is 24.9 Å². The Labute approximate surface area is 131 Å². The maximum Gasteiger partial charge on any atom is 0.320 e. The summed E-state index contributed by atoms with van der Waals surface area (Å²) in [7, 11) is 1.47. The zero-order valence-electron chi connectivity index (χ0n) is 12.7. The lowest BCUT2D eigenvalue weighted by Gasteiger charge is -2.21. The predicted octanol–water partition coefficient (Wildman–Crippen LogP) is 1.68. The Morgan fingerprint density at radius 2 is 2.13 bits per heavy atom. The van der Waals surface area contributed by atoms with Crippen molar-refractivity contribution in [2.75, 3.05) is 5.32 Å². The molecule has 1 aliphatic carbocycles. The minimum Gasteiger partial charge on any atom is -0.288 e. The van der Waals surface area contributed by atoms with Crippen molar-refractivity contribution < 1.29 is 9.72 Å². The van der Waals surface area contributed by atoms with E-state index in [-0.39, 0.29) is 17.3 Å². The summed E-state index contributed by atoms with van der Waals surface area (Å²) >= 11 is 0. The molecule has 1 amide bonds. The zero-order valence-corrected chi connectivity index (χ0v) is 12.7. The molecule has 0 saturated heterocycles. The van der Waals surface area contributed by atoms with Crippen LogP contribution in [0.5, 0.6) is 0 Å². The Balaban J connectivity index is 1.75. The summed E-state index contributed by atoms with van der Waals surface area (Å²) in [5, 5.41) is 21.4. The average molecular weight is 319 g/mol. The number of carbonyl (C=O) groups excluding carboxylic acids is 1. The van der Waals surface area contributed by atoms with Gasteiger partial charge in [-0.1, -0.05) is 19.3 Å². The first kappa shape index (κ1) is 15.1. The monoisotopic (exact) mass is 319 g/mol. The van der Waals surface area contributed by atoms with Crippen LogP contribution in [0.3, 0.4) is 0 Å². The molecule has 3 rings (SSSR count). The Morgan fingerprint density at radius 3 is 2.83 bits per heavy atom. The van der Waals surface area contributed by atoms with Crippen LogP contribution in [-0.2, 0) is 7.05 Å². The Morgan fingerprint density at radius 1 is 1.39 bits per heavy atom. The summed E-state index contributed by atoms with van der Waals surface area (Å²) in [5.41, 5.74) is -0.485. The molecule has 0 bridgehead atoms. The number of nitro groups is 1. The van der Waals surface area contributed by atoms with Gasteiger partial charge >= 0.3 is 5.69 Å². The predicted molar refractivity (Wildman–Crippen MR) is 80.0 cm³/mol. The molecule has 10 heteroatoms. The van der Waals surface area contributed by atoms with E-state index in [2.05, 4.69) is 20.5 Å². The highest BCUT2D eigenvalue weighted by molar-refractivity contribution is 6.04. The van der Waals surface area contributed by atoms with E-state index in [0.717, 1.165) is 36.6 Å². The SMILES string of the molecule is Cn1ncc([N+](=O)[O-])c1C(=O)Nc1ncn(C2CCCCC2)n1. The summed E-state index contributed by atoms with van der Waals surface area (Å²) in [6.07, 6.45) is 8.28. The quantitative estimate of drug-likeness (QED) is 0.676. The molecule has 23 heavy (non-hydrogen) atoms. The molecule has 1 fully saturated rings. The van der Waals surface area contributed by atoms with Gasteiger partial charge in [-0.25, -0.2) is 9.67 Å². The van der Waals surface area contributed by atoms with E-state index in [4.69, 9.17) is 0 Å². The molecular weight excluding hydrogens is 302 g/mol. The van der Waals surface area contributed by atoms with Gasteiger partial charge in [0.2, 0.25) is 11.6 Å². The first-order chi connectivity index (χ1) is 11.1. The van der Waals surface area contributed by atoms with E-state index >= 15 is 0 Å². The number of aryl methyl sites for hydroxylation is 1. The van der Waals surface area contributed by atoms with Crippen molar-refractivity contribution in [3.8, 4) is 0 Å². The Hall–Kier alpha value is -2.78. The van der Waals surface area contributed by atoms with Crippen LogP contribution in [0.25, 0.3) is 0 Å². The second-order valence-electron chi connectivity index (χ2n) is 5.55. The number of nitrogens with zero attached hydrogens (tertiary/aromatic N) is 6. The van der Waals surface area contributed by atoms with E-state index < -0.39 is 10.8 Å². The van der Waals surface area contributed by atoms with Crippen LogP contribution in [0.15, 0.2) is 12.5 Å². The largest absolute Gasteiger partial charge is 0.320 e. The van der Waals surface area contributed by atoms with Crippen LogP contribution in [0.1, 0.15) is 48.6 Å². The Bertz CT molecular complexity index is 730. The number of hydrogen-bond donors (Lipinski definition) is 1. The highest BCUT2D eigenvalue weighted by Crippen LogP contribution is 2.27. The van der Waals surface area contributed by atoms with Crippen LogP contribution in [0, 0.1) is 10.1 Å². The summed E-state index contributed by atoms with van der Waals surface area (Å²) in [6.45, 7) is 0. The molecule has 1 saturated carbocycles. The zero-order chi connectivity index (χ0) is 16.4. The molecule has 0 aromatic carbocycles. The van der Waals surface area contributed by atoms with E-state index in [1.807, 2.05) is 0 Å². The topological polar surface area (TPSA) is 121 Å². The van der Waals surface area contributed by atoms with Gasteiger partial charge in [-0.15, -0.1) is 5.10 Å². The molecular formula is C13H17N7O3. The normalized spacial score (nSPS) is 15.5. The lowest BCUT2D eigenvalue weighted by Crippen LogP contribution is -2.19. The van der Waals surface area contributed by atoms with Gasteiger partial charge in [-0.05, 0) is 12.8 Å². The number of anilines is 1. The number of hydrogen-bond acceptors (Lipinski definition) is 6. The second kappa shape index (κ2) is 6.15. The van der Waals surface area contributed by atoms with Gasteiger partial charge in [0, 0.05) is 7.05 Å². The number of aromatic nitrogens is 5. The van der Waals surface area contributed by atoms with Crippen molar-refractivity contribution in [2.24, 2.45) is 7.05 Å². The average Bonchev–Trinajstić information content (AvgIpc) is 3.15. The minimum absolute atomic E-state index is 0.135. The van der Waals surface area contributed by atoms with Crippen LogP contribution in [0.4, 0.5) is 11.6 Å². The number of amides is 1. The number of rotatable bonds is 4. The van der Waals surface area contributed by atoms with Gasteiger partial charge in [0.05, 0.1) is 11.0 Å². The smallest absolute Gasteiger partial charge is 0.288 e. The van der Waals surface area contributed by atoms with Gasteiger partial charge < -0.3 is 0 Å². The van der Waals surface area contributed by atoms with Crippen LogP contribution in [0.2, 0.25) is 0 Å². The fraction of sp³-hybridized carbons (Fsp3) is 0.538. The fourth-order valence-electron chi connectivity index (χ4n) is 2.84. The molecule has 10 nitrogen and oxygen atoms in total. The molecule has 1 N–H and O–H groups in total. The van der Waals surface area contributed by atoms with Crippen molar-refractivity contribution in [2.45, 2.75) is 38.1 Å². The first-order valence-corrected chi connectivity index (χ1v) is 7.45. The number of nitrogens with one attached hydrogen (secondary N) is 1. The molecule has 0 unspecified atom stereocenters. The second-order valence-corrected chi connectivity index (χ2v) is 5.55. The standard InChI is InChI=1S/C13H17N7O3/c1-18-11(10(7-15-18)20(22)23)12(21)16-13-14-8-19(17-13)9-5-3-2-4-6-9/h7-9H,2-6H2,1H3,(H,16,17,21).